The second-order valence-electron chi connectivity index (χ2n) is 7.90. The zero-order valence-corrected chi connectivity index (χ0v) is 20.6. The number of hydrogen-bond acceptors (Lipinski definition) is 9. The third-order valence-electron chi connectivity index (χ3n) is 5.32. The molecule has 35 heavy (non-hydrogen) atoms. The van der Waals surface area contributed by atoms with Crippen molar-refractivity contribution >= 4 is 37.6 Å². The van der Waals surface area contributed by atoms with Gasteiger partial charge in [0.2, 0.25) is 26.0 Å². The van der Waals surface area contributed by atoms with E-state index in [0.29, 0.717) is 24.6 Å². The summed E-state index contributed by atoms with van der Waals surface area (Å²) in [5, 5.41) is 5.58. The fraction of sp³-hybridized carbons (Fsp3) is 0.526. The lowest BCUT2D eigenvalue weighted by atomic mass is 10.1. The Hall–Kier alpha value is -2.72. The number of aromatic nitrogens is 3. The number of piperidine rings is 1. The molecule has 3 rings (SSSR count). The van der Waals surface area contributed by atoms with Gasteiger partial charge in [0.05, 0.1) is 12.0 Å². The third-order valence-corrected chi connectivity index (χ3v) is 7.89. The van der Waals surface area contributed by atoms with E-state index in [1.54, 1.807) is 0 Å². The van der Waals surface area contributed by atoms with Crippen molar-refractivity contribution in [1.29, 1.82) is 0 Å². The Kier molecular flexibility index (Phi) is 8.06. The predicted octanol–water partition coefficient (Wildman–Crippen LogP) is 2.10. The van der Waals surface area contributed by atoms with Crippen LogP contribution in [0.1, 0.15) is 30.9 Å². The Labute approximate surface area is 201 Å². The Morgan fingerprint density at radius 1 is 1.11 bits per heavy atom. The number of anilines is 3. The molecule has 2 aromatic rings. The van der Waals surface area contributed by atoms with Crippen LogP contribution in [0.2, 0.25) is 0 Å². The maximum atomic E-state index is 13.6. The second-order valence-corrected chi connectivity index (χ2v) is 11.9. The highest BCUT2D eigenvalue weighted by molar-refractivity contribution is 7.92. The largest absolute Gasteiger partial charge is 0.421 e. The maximum Gasteiger partial charge on any atom is 0.421 e. The van der Waals surface area contributed by atoms with Gasteiger partial charge in [-0.2, -0.15) is 18.2 Å². The molecule has 1 aliphatic rings. The van der Waals surface area contributed by atoms with Crippen molar-refractivity contribution in [1.82, 2.24) is 19.3 Å². The number of alkyl halides is 3. The van der Waals surface area contributed by atoms with Crippen LogP contribution in [-0.4, -0.2) is 67.2 Å². The zero-order chi connectivity index (χ0) is 25.9. The van der Waals surface area contributed by atoms with Gasteiger partial charge in [0.1, 0.15) is 17.2 Å². The molecule has 1 fully saturated rings. The van der Waals surface area contributed by atoms with Crippen LogP contribution in [0.4, 0.5) is 30.8 Å². The lowest BCUT2D eigenvalue weighted by Gasteiger charge is -2.30. The summed E-state index contributed by atoms with van der Waals surface area (Å²) in [6.45, 7) is 1.81. The van der Waals surface area contributed by atoms with E-state index in [-0.39, 0.29) is 43.2 Å². The van der Waals surface area contributed by atoms with Gasteiger partial charge >= 0.3 is 6.18 Å². The Morgan fingerprint density at radius 2 is 1.80 bits per heavy atom. The van der Waals surface area contributed by atoms with Crippen LogP contribution in [0, 0.1) is 0 Å². The lowest BCUT2D eigenvalue weighted by molar-refractivity contribution is -0.137. The normalized spacial score (nSPS) is 16.1. The second kappa shape index (κ2) is 10.5. The van der Waals surface area contributed by atoms with Crippen molar-refractivity contribution in [2.75, 3.05) is 40.5 Å². The lowest BCUT2D eigenvalue weighted by Crippen LogP contribution is -2.42. The fourth-order valence-corrected chi connectivity index (χ4v) is 4.88. The molecule has 3 heterocycles. The molecule has 0 aromatic carbocycles. The molecule has 0 amide bonds. The number of halogens is 3. The van der Waals surface area contributed by atoms with Gasteiger partial charge in [-0.05, 0) is 25.8 Å². The quantitative estimate of drug-likeness (QED) is 0.438. The molecule has 11 nitrogen and oxygen atoms in total. The van der Waals surface area contributed by atoms with Crippen LogP contribution in [-0.2, 0) is 32.8 Å². The Morgan fingerprint density at radius 3 is 2.40 bits per heavy atom. The van der Waals surface area contributed by atoms with E-state index in [0.717, 1.165) is 6.26 Å². The van der Waals surface area contributed by atoms with Gasteiger partial charge in [-0.1, -0.05) is 6.07 Å². The van der Waals surface area contributed by atoms with Crippen molar-refractivity contribution in [3.8, 4) is 0 Å². The zero-order valence-electron chi connectivity index (χ0n) is 19.0. The summed E-state index contributed by atoms with van der Waals surface area (Å²) in [6.07, 6.45) is -0.706. The fourth-order valence-electron chi connectivity index (χ4n) is 3.38. The summed E-state index contributed by atoms with van der Waals surface area (Å²) < 4.78 is 91.4. The van der Waals surface area contributed by atoms with Crippen LogP contribution in [0.3, 0.4) is 0 Å². The molecule has 1 aliphatic heterocycles. The molecular weight excluding hydrogens is 511 g/mol. The highest BCUT2D eigenvalue weighted by Crippen LogP contribution is 2.34. The summed E-state index contributed by atoms with van der Waals surface area (Å²) in [4.78, 5) is 11.7. The number of nitrogens with one attached hydrogen (secondary N) is 3. The van der Waals surface area contributed by atoms with Gasteiger partial charge in [0.15, 0.2) is 0 Å². The van der Waals surface area contributed by atoms with E-state index in [2.05, 4.69) is 30.3 Å². The summed E-state index contributed by atoms with van der Waals surface area (Å²) in [7, 11) is -6.95. The molecule has 194 valence electrons. The minimum atomic E-state index is -4.73. The topological polar surface area (TPSA) is 146 Å². The Bertz CT molecular complexity index is 1250. The highest BCUT2D eigenvalue weighted by atomic mass is 32.2. The number of rotatable bonds is 9. The number of nitrogens with zero attached hydrogens (tertiary/aromatic N) is 4. The minimum Gasteiger partial charge on any atom is -0.365 e. The van der Waals surface area contributed by atoms with Crippen molar-refractivity contribution in [3.05, 3.63) is 35.7 Å². The van der Waals surface area contributed by atoms with E-state index >= 15 is 0 Å². The van der Waals surface area contributed by atoms with E-state index in [9.17, 15) is 30.0 Å². The van der Waals surface area contributed by atoms with E-state index < -0.39 is 37.6 Å². The number of hydrogen-bond donors (Lipinski definition) is 3. The maximum absolute atomic E-state index is 13.6. The van der Waals surface area contributed by atoms with Crippen molar-refractivity contribution in [2.45, 2.75) is 38.5 Å². The van der Waals surface area contributed by atoms with Gasteiger partial charge in [-0.3, -0.25) is 4.72 Å². The molecule has 0 bridgehead atoms. The molecule has 1 saturated heterocycles. The van der Waals surface area contributed by atoms with Crippen molar-refractivity contribution in [3.63, 3.8) is 0 Å². The van der Waals surface area contributed by atoms with E-state index in [4.69, 9.17) is 0 Å². The highest BCUT2D eigenvalue weighted by Gasteiger charge is 2.35. The van der Waals surface area contributed by atoms with Gasteiger partial charge in [-0.15, -0.1) is 0 Å². The molecule has 0 spiro atoms. The van der Waals surface area contributed by atoms with E-state index in [1.165, 1.54) is 29.6 Å². The predicted molar refractivity (Wildman–Crippen MR) is 125 cm³/mol. The molecule has 0 aliphatic carbocycles. The summed E-state index contributed by atoms with van der Waals surface area (Å²) >= 11 is 0. The number of pyridine rings is 1. The molecule has 0 radical (unpaired) electrons. The van der Waals surface area contributed by atoms with Gasteiger partial charge in [-0.25, -0.2) is 31.1 Å². The smallest absolute Gasteiger partial charge is 0.365 e. The number of sulfonamides is 2. The average molecular weight is 538 g/mol. The van der Waals surface area contributed by atoms with Crippen LogP contribution in [0.25, 0.3) is 0 Å². The standard InChI is InChI=1S/C19H26F3N7O4S2/c1-3-35(32,33)28-16-13(5-4-8-23-16)11-24-17-15(19(20,21)22)12-25-18(27-17)26-14-6-9-29(10-7-14)34(2,30)31/h4-5,8,12,14H,3,6-7,9-11H2,1-2H3,(H,23,28)(H2,24,25,26,27). The minimum absolute atomic E-state index is 0.000416. The van der Waals surface area contributed by atoms with E-state index in [1.807, 2.05) is 0 Å². The first-order valence-corrected chi connectivity index (χ1v) is 14.1. The molecule has 16 heteroatoms. The van der Waals surface area contributed by atoms with Gasteiger partial charge in [0.25, 0.3) is 0 Å². The molecular formula is C19H26F3N7O4S2. The van der Waals surface area contributed by atoms with Crippen LogP contribution in [0.5, 0.6) is 0 Å². The summed E-state index contributed by atoms with van der Waals surface area (Å²) in [5.41, 5.74) is -0.770. The molecule has 0 unspecified atom stereocenters. The average Bonchev–Trinajstić information content (AvgIpc) is 2.77. The summed E-state index contributed by atoms with van der Waals surface area (Å²) in [6, 6.07) is 2.84. The first-order valence-electron chi connectivity index (χ1n) is 10.6. The van der Waals surface area contributed by atoms with Gasteiger partial charge < -0.3 is 10.6 Å². The molecule has 0 saturated carbocycles. The monoisotopic (exact) mass is 537 g/mol. The molecule has 0 atom stereocenters. The van der Waals surface area contributed by atoms with Crippen LogP contribution < -0.4 is 15.4 Å². The summed E-state index contributed by atoms with van der Waals surface area (Å²) in [5.74, 6) is -0.729. The SMILES string of the molecule is CCS(=O)(=O)Nc1ncccc1CNc1nc(NC2CCN(S(C)(=O)=O)CC2)ncc1C(F)(F)F. The van der Waals surface area contributed by atoms with Crippen LogP contribution >= 0.6 is 0 Å². The first-order chi connectivity index (χ1) is 16.3. The van der Waals surface area contributed by atoms with Crippen LogP contribution in [0.15, 0.2) is 24.5 Å². The van der Waals surface area contributed by atoms with Crippen molar-refractivity contribution in [2.24, 2.45) is 0 Å². The first kappa shape index (κ1) is 26.9. The third kappa shape index (κ3) is 7.38. The Balaban J connectivity index is 1.78. The molecule has 3 N–H and O–H groups in total. The van der Waals surface area contributed by atoms with Gasteiger partial charge in [0, 0.05) is 43.6 Å². The van der Waals surface area contributed by atoms with Crippen molar-refractivity contribution < 1.29 is 30.0 Å². The molecule has 2 aromatic heterocycles.